The molecule has 3 rings (SSSR count). The SMILES string of the molecule is N#CCNC(=O)C1CCCCC1CS(=O)(=O)c1ccc(CC(=O)NCc2ccco2)cc1. The van der Waals surface area contributed by atoms with Crippen LogP contribution in [0.3, 0.4) is 0 Å². The number of carbonyl (C=O) groups is 2. The zero-order valence-electron chi connectivity index (χ0n) is 17.7. The van der Waals surface area contributed by atoms with Gasteiger partial charge in [-0.1, -0.05) is 25.0 Å². The Kier molecular flexibility index (Phi) is 8.06. The molecule has 2 atom stereocenters. The molecule has 1 aromatic carbocycles. The number of carbonyl (C=O) groups excluding carboxylic acids is 2. The van der Waals surface area contributed by atoms with Crippen molar-refractivity contribution >= 4 is 21.7 Å². The first kappa shape index (κ1) is 23.5. The van der Waals surface area contributed by atoms with Gasteiger partial charge in [0.2, 0.25) is 11.8 Å². The summed E-state index contributed by atoms with van der Waals surface area (Å²) in [4.78, 5) is 24.6. The van der Waals surface area contributed by atoms with Crippen LogP contribution in [0.25, 0.3) is 0 Å². The van der Waals surface area contributed by atoms with Crippen LogP contribution in [0.2, 0.25) is 0 Å². The third-order valence-corrected chi connectivity index (χ3v) is 7.57. The van der Waals surface area contributed by atoms with Crippen molar-refractivity contribution in [2.24, 2.45) is 11.8 Å². The summed E-state index contributed by atoms with van der Waals surface area (Å²) in [6.07, 6.45) is 4.72. The van der Waals surface area contributed by atoms with Gasteiger partial charge in [-0.2, -0.15) is 5.26 Å². The first-order chi connectivity index (χ1) is 15.4. The predicted molar refractivity (Wildman–Crippen MR) is 117 cm³/mol. The lowest BCUT2D eigenvalue weighted by atomic mass is 9.80. The Morgan fingerprint density at radius 2 is 1.84 bits per heavy atom. The van der Waals surface area contributed by atoms with E-state index in [4.69, 9.17) is 9.68 Å². The molecule has 1 aromatic heterocycles. The number of hydrogen-bond acceptors (Lipinski definition) is 6. The van der Waals surface area contributed by atoms with E-state index in [1.165, 1.54) is 18.4 Å². The van der Waals surface area contributed by atoms with Crippen molar-refractivity contribution in [2.75, 3.05) is 12.3 Å². The van der Waals surface area contributed by atoms with E-state index >= 15 is 0 Å². The van der Waals surface area contributed by atoms with Crippen LogP contribution in [0.4, 0.5) is 0 Å². The fourth-order valence-electron chi connectivity index (χ4n) is 4.05. The molecule has 2 unspecified atom stereocenters. The number of nitrogens with zero attached hydrogens (tertiary/aromatic N) is 1. The molecule has 0 saturated heterocycles. The molecule has 0 spiro atoms. The smallest absolute Gasteiger partial charge is 0.224 e. The summed E-state index contributed by atoms with van der Waals surface area (Å²) in [7, 11) is -3.59. The molecule has 8 nitrogen and oxygen atoms in total. The molecule has 1 heterocycles. The van der Waals surface area contributed by atoms with Gasteiger partial charge in [0.1, 0.15) is 12.3 Å². The van der Waals surface area contributed by atoms with Crippen LogP contribution in [0, 0.1) is 23.2 Å². The van der Waals surface area contributed by atoms with Crippen molar-refractivity contribution in [3.8, 4) is 6.07 Å². The third-order valence-electron chi connectivity index (χ3n) is 5.71. The van der Waals surface area contributed by atoms with Gasteiger partial charge in [0.05, 0.1) is 35.9 Å². The van der Waals surface area contributed by atoms with E-state index in [0.717, 1.165) is 12.8 Å². The maximum atomic E-state index is 13.0. The monoisotopic (exact) mass is 457 g/mol. The highest BCUT2D eigenvalue weighted by Crippen LogP contribution is 2.32. The van der Waals surface area contributed by atoms with E-state index in [1.807, 2.05) is 6.07 Å². The van der Waals surface area contributed by atoms with Crippen molar-refractivity contribution in [2.45, 2.75) is 43.5 Å². The minimum absolute atomic E-state index is 0.0780. The summed E-state index contributed by atoms with van der Waals surface area (Å²) in [5.41, 5.74) is 0.701. The number of sulfone groups is 1. The maximum absolute atomic E-state index is 13.0. The minimum atomic E-state index is -3.59. The Bertz CT molecular complexity index is 1060. The molecule has 2 amide bonds. The van der Waals surface area contributed by atoms with Crippen molar-refractivity contribution in [3.05, 3.63) is 54.0 Å². The van der Waals surface area contributed by atoms with Crippen molar-refractivity contribution in [1.29, 1.82) is 5.26 Å². The number of rotatable bonds is 9. The third kappa shape index (κ3) is 6.44. The highest BCUT2D eigenvalue weighted by Gasteiger charge is 2.34. The van der Waals surface area contributed by atoms with Crippen molar-refractivity contribution in [1.82, 2.24) is 10.6 Å². The van der Waals surface area contributed by atoms with Gasteiger partial charge in [0.15, 0.2) is 9.84 Å². The first-order valence-corrected chi connectivity index (χ1v) is 12.3. The van der Waals surface area contributed by atoms with Gasteiger partial charge < -0.3 is 15.1 Å². The molecule has 170 valence electrons. The summed E-state index contributed by atoms with van der Waals surface area (Å²) in [5.74, 6) is -0.570. The lowest BCUT2D eigenvalue weighted by Crippen LogP contribution is -2.39. The Morgan fingerprint density at radius 3 is 2.53 bits per heavy atom. The topological polar surface area (TPSA) is 129 Å². The summed E-state index contributed by atoms with van der Waals surface area (Å²) in [5, 5.41) is 14.0. The largest absolute Gasteiger partial charge is 0.467 e. The van der Waals surface area contributed by atoms with Crippen molar-refractivity contribution in [3.63, 3.8) is 0 Å². The van der Waals surface area contributed by atoms with E-state index in [9.17, 15) is 18.0 Å². The second-order valence-electron chi connectivity index (χ2n) is 7.99. The van der Waals surface area contributed by atoms with Gasteiger partial charge in [-0.25, -0.2) is 8.42 Å². The van der Waals surface area contributed by atoms with E-state index in [-0.39, 0.29) is 41.3 Å². The van der Waals surface area contributed by atoms with Gasteiger partial charge in [0.25, 0.3) is 0 Å². The van der Waals surface area contributed by atoms with Crippen LogP contribution in [0.1, 0.15) is 37.0 Å². The van der Waals surface area contributed by atoms with Gasteiger partial charge >= 0.3 is 0 Å². The van der Waals surface area contributed by atoms with E-state index in [2.05, 4.69) is 10.6 Å². The lowest BCUT2D eigenvalue weighted by molar-refractivity contribution is -0.127. The fraction of sp³-hybridized carbons (Fsp3) is 0.435. The molecule has 1 aliphatic carbocycles. The molecule has 2 N–H and O–H groups in total. The molecule has 2 aromatic rings. The standard InChI is InChI=1S/C23H27N3O5S/c24-11-12-25-23(28)21-6-2-1-4-18(21)16-32(29,30)20-9-7-17(8-10-20)14-22(27)26-15-19-5-3-13-31-19/h3,5,7-10,13,18,21H,1-2,4,6,12,14-16H2,(H,25,28)(H,26,27). The Balaban J connectivity index is 1.59. The van der Waals surface area contributed by atoms with E-state index in [0.29, 0.717) is 30.7 Å². The zero-order chi connectivity index (χ0) is 23.0. The predicted octanol–water partition coefficient (Wildman–Crippen LogP) is 2.36. The summed E-state index contributed by atoms with van der Waals surface area (Å²) >= 11 is 0. The maximum Gasteiger partial charge on any atom is 0.224 e. The van der Waals surface area contributed by atoms with E-state index in [1.54, 1.807) is 24.3 Å². The molecular weight excluding hydrogens is 430 g/mol. The molecule has 0 aliphatic heterocycles. The Hall–Kier alpha value is -3.12. The van der Waals surface area contributed by atoms with E-state index < -0.39 is 15.8 Å². The summed E-state index contributed by atoms with van der Waals surface area (Å²) in [6.45, 7) is 0.216. The molecule has 1 saturated carbocycles. The van der Waals surface area contributed by atoms with Crippen LogP contribution in [-0.4, -0.2) is 32.5 Å². The molecular formula is C23H27N3O5S. The second-order valence-corrected chi connectivity index (χ2v) is 10.0. The van der Waals surface area contributed by atoms with Crippen LogP contribution >= 0.6 is 0 Å². The van der Waals surface area contributed by atoms with Gasteiger partial charge in [0, 0.05) is 5.92 Å². The summed E-state index contributed by atoms with van der Waals surface area (Å²) in [6, 6.07) is 11.7. The molecule has 1 fully saturated rings. The second kappa shape index (κ2) is 11.0. The highest BCUT2D eigenvalue weighted by atomic mass is 32.2. The molecule has 0 bridgehead atoms. The number of hydrogen-bond donors (Lipinski definition) is 2. The van der Waals surface area contributed by atoms with Crippen molar-refractivity contribution < 1.29 is 22.4 Å². The number of nitriles is 1. The van der Waals surface area contributed by atoms with Crippen LogP contribution in [0.15, 0.2) is 52.0 Å². The number of nitrogens with one attached hydrogen (secondary N) is 2. The van der Waals surface area contributed by atoms with Gasteiger partial charge in [-0.05, 0) is 48.6 Å². The van der Waals surface area contributed by atoms with Gasteiger partial charge in [-0.3, -0.25) is 9.59 Å². The number of furan rings is 1. The highest BCUT2D eigenvalue weighted by molar-refractivity contribution is 7.91. The van der Waals surface area contributed by atoms with Crippen LogP contribution < -0.4 is 10.6 Å². The minimum Gasteiger partial charge on any atom is -0.467 e. The average Bonchev–Trinajstić information content (AvgIpc) is 3.30. The molecule has 1 aliphatic rings. The normalized spacial score (nSPS) is 18.5. The molecule has 9 heteroatoms. The number of amides is 2. The Labute approximate surface area is 187 Å². The lowest BCUT2D eigenvalue weighted by Gasteiger charge is -2.30. The fourth-order valence-corrected chi connectivity index (χ4v) is 5.76. The molecule has 32 heavy (non-hydrogen) atoms. The first-order valence-electron chi connectivity index (χ1n) is 10.6. The van der Waals surface area contributed by atoms with Gasteiger partial charge in [-0.15, -0.1) is 0 Å². The molecule has 0 radical (unpaired) electrons. The quantitative estimate of drug-likeness (QED) is 0.556. The van der Waals surface area contributed by atoms with Crippen LogP contribution in [-0.2, 0) is 32.4 Å². The zero-order valence-corrected chi connectivity index (χ0v) is 18.6. The number of benzene rings is 1. The average molecular weight is 458 g/mol. The van der Waals surface area contributed by atoms with Crippen LogP contribution in [0.5, 0.6) is 0 Å². The summed E-state index contributed by atoms with van der Waals surface area (Å²) < 4.78 is 31.1. The Morgan fingerprint density at radius 1 is 1.09 bits per heavy atom.